The first-order valence-corrected chi connectivity index (χ1v) is 9.41. The van der Waals surface area contributed by atoms with Crippen LogP contribution in [0.1, 0.15) is 15.9 Å². The second kappa shape index (κ2) is 9.13. The highest BCUT2D eigenvalue weighted by Crippen LogP contribution is 2.22. The molecular weight excluding hydrogens is 379 g/mol. The third-order valence-corrected chi connectivity index (χ3v) is 4.87. The van der Waals surface area contributed by atoms with Gasteiger partial charge in [-0.05, 0) is 35.9 Å². The maximum atomic E-state index is 12.0. The SMILES string of the molecule is CN(C)C(=O)c1ccc(NC(=O)CSCc2ccc(Cl)cc2)cc1Cl. The lowest BCUT2D eigenvalue weighted by Gasteiger charge is -2.12. The summed E-state index contributed by atoms with van der Waals surface area (Å²) < 4.78 is 0. The van der Waals surface area contributed by atoms with E-state index >= 15 is 0 Å². The Morgan fingerprint density at radius 2 is 1.76 bits per heavy atom. The van der Waals surface area contributed by atoms with Crippen LogP contribution in [-0.2, 0) is 10.5 Å². The molecule has 2 aromatic rings. The number of hydrogen-bond acceptors (Lipinski definition) is 3. The second-order valence-electron chi connectivity index (χ2n) is 5.56. The summed E-state index contributed by atoms with van der Waals surface area (Å²) in [6.07, 6.45) is 0. The minimum absolute atomic E-state index is 0.123. The third kappa shape index (κ3) is 5.96. The van der Waals surface area contributed by atoms with Gasteiger partial charge in [0.25, 0.3) is 5.91 Å². The lowest BCUT2D eigenvalue weighted by Crippen LogP contribution is -2.22. The van der Waals surface area contributed by atoms with Crippen LogP contribution in [0.15, 0.2) is 42.5 Å². The molecule has 0 bridgehead atoms. The molecule has 0 unspecified atom stereocenters. The number of nitrogens with zero attached hydrogens (tertiary/aromatic N) is 1. The molecule has 0 radical (unpaired) electrons. The summed E-state index contributed by atoms with van der Waals surface area (Å²) in [5.41, 5.74) is 2.08. The molecule has 0 fully saturated rings. The number of halogens is 2. The van der Waals surface area contributed by atoms with Crippen molar-refractivity contribution in [3.8, 4) is 0 Å². The van der Waals surface area contributed by atoms with E-state index < -0.39 is 0 Å². The van der Waals surface area contributed by atoms with Gasteiger partial charge >= 0.3 is 0 Å². The van der Waals surface area contributed by atoms with Crippen LogP contribution in [0.4, 0.5) is 5.69 Å². The Hall–Kier alpha value is -1.69. The zero-order valence-electron chi connectivity index (χ0n) is 13.9. The summed E-state index contributed by atoms with van der Waals surface area (Å²) in [6.45, 7) is 0. The monoisotopic (exact) mass is 396 g/mol. The van der Waals surface area contributed by atoms with E-state index in [0.717, 1.165) is 11.3 Å². The van der Waals surface area contributed by atoms with Crippen LogP contribution in [0.5, 0.6) is 0 Å². The molecule has 0 aliphatic rings. The number of amides is 2. The van der Waals surface area contributed by atoms with Crippen molar-refractivity contribution in [2.75, 3.05) is 25.2 Å². The van der Waals surface area contributed by atoms with Crippen molar-refractivity contribution >= 4 is 52.5 Å². The summed E-state index contributed by atoms with van der Waals surface area (Å²) >= 11 is 13.5. The van der Waals surface area contributed by atoms with Crippen molar-refractivity contribution in [2.24, 2.45) is 0 Å². The van der Waals surface area contributed by atoms with Crippen molar-refractivity contribution < 1.29 is 9.59 Å². The van der Waals surface area contributed by atoms with Gasteiger partial charge < -0.3 is 10.2 Å². The minimum atomic E-state index is -0.179. The summed E-state index contributed by atoms with van der Waals surface area (Å²) in [6, 6.07) is 12.4. The van der Waals surface area contributed by atoms with Crippen LogP contribution < -0.4 is 5.32 Å². The Morgan fingerprint density at radius 3 is 2.36 bits per heavy atom. The molecule has 0 aliphatic carbocycles. The van der Waals surface area contributed by atoms with E-state index in [-0.39, 0.29) is 11.8 Å². The fraction of sp³-hybridized carbons (Fsp3) is 0.222. The van der Waals surface area contributed by atoms with Crippen molar-refractivity contribution in [2.45, 2.75) is 5.75 Å². The molecular formula is C18H18Cl2N2O2S. The van der Waals surface area contributed by atoms with Gasteiger partial charge in [0.1, 0.15) is 0 Å². The van der Waals surface area contributed by atoms with E-state index in [9.17, 15) is 9.59 Å². The van der Waals surface area contributed by atoms with Crippen molar-refractivity contribution in [1.29, 1.82) is 0 Å². The molecule has 0 atom stereocenters. The van der Waals surface area contributed by atoms with Crippen LogP contribution in [0.2, 0.25) is 10.0 Å². The highest BCUT2D eigenvalue weighted by Gasteiger charge is 2.13. The first-order valence-electron chi connectivity index (χ1n) is 7.50. The molecule has 0 spiro atoms. The number of thioether (sulfide) groups is 1. The molecule has 4 nitrogen and oxygen atoms in total. The van der Waals surface area contributed by atoms with Gasteiger partial charge in [-0.2, -0.15) is 0 Å². The molecule has 0 aromatic heterocycles. The highest BCUT2D eigenvalue weighted by atomic mass is 35.5. The maximum Gasteiger partial charge on any atom is 0.254 e. The van der Waals surface area contributed by atoms with Gasteiger partial charge in [0.05, 0.1) is 16.3 Å². The summed E-state index contributed by atoms with van der Waals surface area (Å²) in [5, 5.41) is 3.79. The quantitative estimate of drug-likeness (QED) is 0.777. The Labute approximate surface area is 161 Å². The number of hydrogen-bond donors (Lipinski definition) is 1. The van der Waals surface area contributed by atoms with Crippen molar-refractivity contribution in [3.63, 3.8) is 0 Å². The predicted octanol–water partition coefficient (Wildman–Crippen LogP) is 4.57. The van der Waals surface area contributed by atoms with E-state index in [1.807, 2.05) is 24.3 Å². The number of benzene rings is 2. The first kappa shape index (κ1) is 19.6. The topological polar surface area (TPSA) is 49.4 Å². The van der Waals surface area contributed by atoms with Crippen molar-refractivity contribution in [3.05, 3.63) is 63.6 Å². The van der Waals surface area contributed by atoms with Gasteiger partial charge in [-0.3, -0.25) is 9.59 Å². The second-order valence-corrected chi connectivity index (χ2v) is 7.39. The molecule has 7 heteroatoms. The summed E-state index contributed by atoms with van der Waals surface area (Å²) in [7, 11) is 3.32. The van der Waals surface area contributed by atoms with E-state index in [4.69, 9.17) is 23.2 Å². The Bertz CT molecular complexity index is 764. The molecule has 1 N–H and O–H groups in total. The highest BCUT2D eigenvalue weighted by molar-refractivity contribution is 7.99. The Balaban J connectivity index is 1.87. The van der Waals surface area contributed by atoms with Gasteiger partial charge in [-0.25, -0.2) is 0 Å². The number of carbonyl (C=O) groups excluding carboxylic acids is 2. The van der Waals surface area contributed by atoms with Crippen LogP contribution >= 0.6 is 35.0 Å². The molecule has 2 aromatic carbocycles. The predicted molar refractivity (Wildman–Crippen MR) is 106 cm³/mol. The number of rotatable bonds is 6. The lowest BCUT2D eigenvalue weighted by atomic mass is 10.2. The van der Waals surface area contributed by atoms with E-state index in [0.29, 0.717) is 27.0 Å². The van der Waals surface area contributed by atoms with Crippen LogP contribution in [0, 0.1) is 0 Å². The maximum absolute atomic E-state index is 12.0. The van der Waals surface area contributed by atoms with Gasteiger partial charge in [0.15, 0.2) is 0 Å². The Kier molecular flexibility index (Phi) is 7.17. The molecule has 0 saturated heterocycles. The van der Waals surface area contributed by atoms with E-state index in [1.165, 1.54) is 16.7 Å². The van der Waals surface area contributed by atoms with Gasteiger partial charge in [0, 0.05) is 30.6 Å². The summed E-state index contributed by atoms with van der Waals surface area (Å²) in [5.74, 6) is 0.739. The molecule has 25 heavy (non-hydrogen) atoms. The average Bonchev–Trinajstić information content (AvgIpc) is 2.56. The molecule has 0 aliphatic heterocycles. The Morgan fingerprint density at radius 1 is 1.08 bits per heavy atom. The van der Waals surface area contributed by atoms with Gasteiger partial charge in [-0.1, -0.05) is 35.3 Å². The number of anilines is 1. The smallest absolute Gasteiger partial charge is 0.254 e. The van der Waals surface area contributed by atoms with Gasteiger partial charge in [-0.15, -0.1) is 11.8 Å². The van der Waals surface area contributed by atoms with Crippen LogP contribution in [-0.4, -0.2) is 36.6 Å². The number of carbonyl (C=O) groups is 2. The van der Waals surface area contributed by atoms with E-state index in [2.05, 4.69) is 5.32 Å². The van der Waals surface area contributed by atoms with E-state index in [1.54, 1.807) is 32.3 Å². The largest absolute Gasteiger partial charge is 0.345 e. The fourth-order valence-corrected chi connectivity index (χ4v) is 3.22. The van der Waals surface area contributed by atoms with Gasteiger partial charge in [0.2, 0.25) is 5.91 Å². The minimum Gasteiger partial charge on any atom is -0.345 e. The van der Waals surface area contributed by atoms with Crippen LogP contribution in [0.25, 0.3) is 0 Å². The molecule has 132 valence electrons. The summed E-state index contributed by atoms with van der Waals surface area (Å²) in [4.78, 5) is 25.4. The molecule has 0 saturated carbocycles. The molecule has 0 heterocycles. The first-order chi connectivity index (χ1) is 11.9. The molecule has 2 rings (SSSR count). The zero-order valence-corrected chi connectivity index (χ0v) is 16.2. The standard InChI is InChI=1S/C18H18Cl2N2O2S/c1-22(2)18(24)15-8-7-14(9-16(15)20)21-17(23)11-25-10-12-3-5-13(19)6-4-12/h3-9H,10-11H2,1-2H3,(H,21,23). The fourth-order valence-electron chi connectivity index (χ4n) is 2.05. The van der Waals surface area contributed by atoms with Crippen LogP contribution in [0.3, 0.4) is 0 Å². The molecule has 2 amide bonds. The zero-order chi connectivity index (χ0) is 18.4. The lowest BCUT2D eigenvalue weighted by molar-refractivity contribution is -0.113. The van der Waals surface area contributed by atoms with Crippen molar-refractivity contribution in [1.82, 2.24) is 4.90 Å². The average molecular weight is 397 g/mol. The normalized spacial score (nSPS) is 10.4. The third-order valence-electron chi connectivity index (χ3n) is 3.30. The number of nitrogens with one attached hydrogen (secondary N) is 1.